The summed E-state index contributed by atoms with van der Waals surface area (Å²) in [5.74, 6) is 0. The Bertz CT molecular complexity index is 327. The summed E-state index contributed by atoms with van der Waals surface area (Å²) in [6.07, 6.45) is 0. The van der Waals surface area contributed by atoms with Gasteiger partial charge in [-0.1, -0.05) is 0 Å². The van der Waals surface area contributed by atoms with E-state index in [2.05, 4.69) is 73.8 Å². The predicted octanol–water partition coefficient (Wildman–Crippen LogP) is 3.37. The maximum Gasteiger partial charge on any atom is 0.100 e. The van der Waals surface area contributed by atoms with Gasteiger partial charge in [0.1, 0.15) is 6.07 Å². The Morgan fingerprint density at radius 1 is 1.09 bits per heavy atom. The Hall–Kier alpha value is 0.900. The van der Waals surface area contributed by atoms with Crippen LogP contribution in [0.1, 0.15) is 5.56 Å². The normalized spacial score (nSPS) is 9.27. The highest BCUT2D eigenvalue weighted by atomic mass is 127. The van der Waals surface area contributed by atoms with Crippen molar-refractivity contribution < 1.29 is 0 Å². The first kappa shape index (κ1) is 9.98. The Labute approximate surface area is 106 Å². The third kappa shape index (κ3) is 2.18. The van der Waals surface area contributed by atoms with E-state index in [4.69, 9.17) is 5.26 Å². The molecule has 0 aliphatic heterocycles. The second-order valence-corrected chi connectivity index (χ2v) is 5.15. The molecule has 0 N–H and O–H groups in total. The highest BCUT2D eigenvalue weighted by molar-refractivity contribution is 14.1. The molecule has 0 unspecified atom stereocenters. The van der Waals surface area contributed by atoms with Crippen LogP contribution in [0.5, 0.6) is 0 Å². The van der Waals surface area contributed by atoms with Gasteiger partial charge in [0.25, 0.3) is 0 Å². The summed E-state index contributed by atoms with van der Waals surface area (Å²) in [5, 5.41) is 8.67. The molecular formula is C7H2I3N. The average Bonchev–Trinajstić information content (AvgIpc) is 2.01. The lowest BCUT2D eigenvalue weighted by molar-refractivity contribution is 1.43. The van der Waals surface area contributed by atoms with Gasteiger partial charge in [-0.2, -0.15) is 5.26 Å². The molecule has 0 amide bonds. The summed E-state index contributed by atoms with van der Waals surface area (Å²) in [4.78, 5) is 0. The Morgan fingerprint density at radius 2 is 1.73 bits per heavy atom. The van der Waals surface area contributed by atoms with Crippen molar-refractivity contribution >= 4 is 67.8 Å². The summed E-state index contributed by atoms with van der Waals surface area (Å²) >= 11 is 6.71. The first-order chi connectivity index (χ1) is 5.16. The zero-order valence-electron chi connectivity index (χ0n) is 5.24. The zero-order valence-corrected chi connectivity index (χ0v) is 11.7. The number of halogens is 3. The number of benzene rings is 1. The fraction of sp³-hybridized carbons (Fsp3) is 0. The molecule has 56 valence electrons. The van der Waals surface area contributed by atoms with Crippen molar-refractivity contribution in [3.8, 4) is 6.07 Å². The van der Waals surface area contributed by atoms with Crippen LogP contribution in [0.4, 0.5) is 0 Å². The van der Waals surface area contributed by atoms with Gasteiger partial charge in [0.05, 0.1) is 5.56 Å². The number of hydrogen-bond donors (Lipinski definition) is 0. The largest absolute Gasteiger partial charge is 0.192 e. The van der Waals surface area contributed by atoms with Crippen molar-refractivity contribution in [1.29, 1.82) is 5.26 Å². The Morgan fingerprint density at radius 3 is 2.27 bits per heavy atom. The Balaban J connectivity index is 3.40. The monoisotopic (exact) mass is 481 g/mol. The topological polar surface area (TPSA) is 23.8 Å². The molecule has 0 aliphatic rings. The van der Waals surface area contributed by atoms with Crippen LogP contribution in [-0.2, 0) is 0 Å². The second-order valence-electron chi connectivity index (χ2n) is 1.83. The quantitative estimate of drug-likeness (QED) is 0.413. The standard InChI is InChI=1S/C7H2I3N/c8-5-2-1-4(3-11)6(9)7(5)10/h1-2H. The molecule has 0 radical (unpaired) electrons. The smallest absolute Gasteiger partial charge is 0.100 e. The minimum Gasteiger partial charge on any atom is -0.192 e. The van der Waals surface area contributed by atoms with Crippen LogP contribution >= 0.6 is 67.8 Å². The van der Waals surface area contributed by atoms with Gasteiger partial charge in [-0.3, -0.25) is 0 Å². The first-order valence-electron chi connectivity index (χ1n) is 2.70. The molecule has 0 aliphatic carbocycles. The number of rotatable bonds is 0. The van der Waals surface area contributed by atoms with Gasteiger partial charge < -0.3 is 0 Å². The molecule has 0 bridgehead atoms. The summed E-state index contributed by atoms with van der Waals surface area (Å²) in [5.41, 5.74) is 0.760. The lowest BCUT2D eigenvalue weighted by Gasteiger charge is -1.99. The van der Waals surface area contributed by atoms with Gasteiger partial charge in [-0.15, -0.1) is 0 Å². The minimum absolute atomic E-state index is 0.760. The van der Waals surface area contributed by atoms with Crippen molar-refractivity contribution in [2.45, 2.75) is 0 Å². The highest BCUT2D eigenvalue weighted by Crippen LogP contribution is 2.23. The van der Waals surface area contributed by atoms with Crippen LogP contribution in [0.15, 0.2) is 12.1 Å². The molecule has 0 saturated heterocycles. The molecule has 1 rings (SSSR count). The molecule has 0 saturated carbocycles. The van der Waals surface area contributed by atoms with Crippen LogP contribution in [0.2, 0.25) is 0 Å². The van der Waals surface area contributed by atoms with Crippen molar-refractivity contribution in [3.63, 3.8) is 0 Å². The molecule has 1 aromatic rings. The molecular weight excluding hydrogens is 479 g/mol. The van der Waals surface area contributed by atoms with E-state index in [1.54, 1.807) is 0 Å². The molecule has 0 fully saturated rings. The predicted molar refractivity (Wildman–Crippen MR) is 69.3 cm³/mol. The molecule has 0 aromatic heterocycles. The van der Waals surface area contributed by atoms with Crippen molar-refractivity contribution in [3.05, 3.63) is 28.4 Å². The van der Waals surface area contributed by atoms with Crippen LogP contribution < -0.4 is 0 Å². The summed E-state index contributed by atoms with van der Waals surface area (Å²) < 4.78 is 3.42. The van der Waals surface area contributed by atoms with Gasteiger partial charge >= 0.3 is 0 Å². The van der Waals surface area contributed by atoms with Crippen LogP contribution in [0, 0.1) is 22.0 Å². The van der Waals surface area contributed by atoms with E-state index in [1.165, 1.54) is 7.14 Å². The van der Waals surface area contributed by atoms with Crippen LogP contribution in [0.3, 0.4) is 0 Å². The van der Waals surface area contributed by atoms with Crippen LogP contribution in [0.25, 0.3) is 0 Å². The fourth-order valence-corrected chi connectivity index (χ4v) is 2.64. The molecule has 1 nitrogen and oxygen atoms in total. The van der Waals surface area contributed by atoms with Crippen LogP contribution in [-0.4, -0.2) is 0 Å². The van der Waals surface area contributed by atoms with E-state index in [9.17, 15) is 0 Å². The molecule has 0 atom stereocenters. The summed E-state index contributed by atoms with van der Waals surface area (Å²) in [7, 11) is 0. The first-order valence-corrected chi connectivity index (χ1v) is 5.94. The van der Waals surface area contributed by atoms with E-state index in [0.29, 0.717) is 0 Å². The van der Waals surface area contributed by atoms with E-state index in [1.807, 2.05) is 12.1 Å². The van der Waals surface area contributed by atoms with Gasteiger partial charge in [-0.25, -0.2) is 0 Å². The number of hydrogen-bond acceptors (Lipinski definition) is 1. The molecule has 0 spiro atoms. The van der Waals surface area contributed by atoms with E-state index >= 15 is 0 Å². The van der Waals surface area contributed by atoms with E-state index in [-0.39, 0.29) is 0 Å². The maximum absolute atomic E-state index is 8.67. The fourth-order valence-electron chi connectivity index (χ4n) is 0.612. The molecule has 11 heavy (non-hydrogen) atoms. The van der Waals surface area contributed by atoms with Gasteiger partial charge in [0, 0.05) is 10.7 Å². The SMILES string of the molecule is N#Cc1ccc(I)c(I)c1I. The number of nitriles is 1. The average molecular weight is 481 g/mol. The molecule has 4 heteroatoms. The molecule has 1 aromatic carbocycles. The lowest BCUT2D eigenvalue weighted by Crippen LogP contribution is -1.89. The Kier molecular flexibility index (Phi) is 3.84. The second kappa shape index (κ2) is 4.23. The van der Waals surface area contributed by atoms with Crippen molar-refractivity contribution in [1.82, 2.24) is 0 Å². The zero-order chi connectivity index (χ0) is 8.43. The van der Waals surface area contributed by atoms with Gasteiger partial charge in [0.2, 0.25) is 0 Å². The van der Waals surface area contributed by atoms with E-state index in [0.717, 1.165) is 9.13 Å². The third-order valence-electron chi connectivity index (χ3n) is 1.16. The third-order valence-corrected chi connectivity index (χ3v) is 6.36. The van der Waals surface area contributed by atoms with Gasteiger partial charge in [0.15, 0.2) is 0 Å². The maximum atomic E-state index is 8.67. The highest BCUT2D eigenvalue weighted by Gasteiger charge is 2.05. The lowest BCUT2D eigenvalue weighted by atomic mass is 10.2. The van der Waals surface area contributed by atoms with E-state index < -0.39 is 0 Å². The minimum atomic E-state index is 0.760. The molecule has 0 heterocycles. The summed E-state index contributed by atoms with van der Waals surface area (Å²) in [6, 6.07) is 5.96. The summed E-state index contributed by atoms with van der Waals surface area (Å²) in [6.45, 7) is 0. The number of nitrogens with zero attached hydrogens (tertiary/aromatic N) is 1. The van der Waals surface area contributed by atoms with Gasteiger partial charge in [-0.05, 0) is 79.9 Å². The van der Waals surface area contributed by atoms with Crippen molar-refractivity contribution in [2.24, 2.45) is 0 Å². The van der Waals surface area contributed by atoms with Crippen molar-refractivity contribution in [2.75, 3.05) is 0 Å².